The first-order chi connectivity index (χ1) is 34.9. The molecule has 3 aromatic heterocycles. The summed E-state index contributed by atoms with van der Waals surface area (Å²) in [5, 5.41) is 8.42. The lowest BCUT2D eigenvalue weighted by Gasteiger charge is -2.57. The molecule has 4 atom stereocenters. The molecule has 0 saturated carbocycles. The maximum absolute atomic E-state index is 14.9. The summed E-state index contributed by atoms with van der Waals surface area (Å²) in [5.74, 6) is -1.04. The van der Waals surface area contributed by atoms with Gasteiger partial charge in [0.25, 0.3) is 5.91 Å². The summed E-state index contributed by atoms with van der Waals surface area (Å²) >= 11 is 1.45. The number of ether oxygens (including phenoxy) is 2. The topological polar surface area (TPSA) is 161 Å². The molecule has 18 heteroatoms. The molecule has 1 spiro atoms. The van der Waals surface area contributed by atoms with Crippen LogP contribution >= 0.6 is 11.3 Å². The number of likely N-dealkylation sites (tertiary alicyclic amines) is 2. The van der Waals surface area contributed by atoms with Gasteiger partial charge in [-0.1, -0.05) is 33.8 Å². The lowest BCUT2D eigenvalue weighted by Crippen LogP contribution is -2.69. The number of carbonyl (C=O) groups is 4. The fourth-order valence-electron chi connectivity index (χ4n) is 12.1. The summed E-state index contributed by atoms with van der Waals surface area (Å²) in [7, 11) is 7.72. The van der Waals surface area contributed by atoms with Crippen molar-refractivity contribution in [3.63, 3.8) is 0 Å². The van der Waals surface area contributed by atoms with Crippen LogP contribution in [-0.2, 0) is 43.2 Å². The molecule has 5 aliphatic heterocycles. The number of fused-ring (bicyclic) bond motifs is 6. The van der Waals surface area contributed by atoms with Gasteiger partial charge in [0.2, 0.25) is 5.91 Å². The van der Waals surface area contributed by atoms with Gasteiger partial charge < -0.3 is 48.7 Å². The number of methoxy groups -OCH3 is 1. The quantitative estimate of drug-likeness (QED) is 0.173. The number of rotatable bonds is 10. The number of urea groups is 1. The van der Waals surface area contributed by atoms with Crippen molar-refractivity contribution < 1.29 is 28.7 Å². The molecule has 4 amide bonds. The fraction of sp³-hybridized carbons (Fsp3) is 0.636. The number of anilines is 1. The summed E-state index contributed by atoms with van der Waals surface area (Å²) < 4.78 is 15.0. The van der Waals surface area contributed by atoms with Crippen LogP contribution in [-0.4, -0.2) is 180 Å². The third-order valence-corrected chi connectivity index (χ3v) is 17.5. The zero-order valence-electron chi connectivity index (χ0n) is 45.0. The highest BCUT2D eigenvalue weighted by Gasteiger charge is 2.51. The first-order valence-electron chi connectivity index (χ1n) is 26.6. The van der Waals surface area contributed by atoms with Crippen LogP contribution in [0.2, 0.25) is 0 Å². The van der Waals surface area contributed by atoms with E-state index in [1.54, 1.807) is 19.1 Å². The van der Waals surface area contributed by atoms with Gasteiger partial charge in [0.05, 0.1) is 53.3 Å². The van der Waals surface area contributed by atoms with Crippen molar-refractivity contribution in [3.8, 4) is 22.5 Å². The Morgan fingerprint density at radius 2 is 1.73 bits per heavy atom. The van der Waals surface area contributed by atoms with E-state index in [1.165, 1.54) is 21.9 Å². The molecule has 0 aliphatic carbocycles. The van der Waals surface area contributed by atoms with Gasteiger partial charge in [0.15, 0.2) is 0 Å². The van der Waals surface area contributed by atoms with Gasteiger partial charge in [-0.25, -0.2) is 15.2 Å². The molecule has 9 rings (SSSR count). The summed E-state index contributed by atoms with van der Waals surface area (Å²) in [5.41, 5.74) is 9.60. The van der Waals surface area contributed by atoms with Crippen LogP contribution in [0.25, 0.3) is 33.4 Å². The van der Waals surface area contributed by atoms with E-state index in [9.17, 15) is 19.2 Å². The Balaban J connectivity index is 1.10. The standard InChI is InChI=1S/C55H79N11O6S/c1-11-64-45-14-13-38-27-40(45)42(49(64)41-28-39(31-56-47(41)37(4)71-10)63-25-23-61(8)24-26-63)30-53(5,6)34-72-35-54(33-67)15-12-19-66(59-54)51(69)43(29-46-57-44(38)32-73-46)58-50(68)48(36(2)3)62(9)52(70)65-22-18-55(65)16-20-60(7)21-17-55/h13-14,27-28,31-33,36-37,43,48,59H,11-12,15-26,29-30,34-35H2,1-10H3,(H,58,68)/t37-,43-,48-,54-/m0/s1. The van der Waals surface area contributed by atoms with Crippen LogP contribution in [0.3, 0.4) is 0 Å². The molecule has 6 bridgehead atoms. The van der Waals surface area contributed by atoms with Crippen molar-refractivity contribution in [2.24, 2.45) is 11.3 Å². The zero-order valence-corrected chi connectivity index (χ0v) is 45.8. The predicted octanol–water partition coefficient (Wildman–Crippen LogP) is 6.24. The summed E-state index contributed by atoms with van der Waals surface area (Å²) in [6.07, 6.45) is 7.15. The predicted molar refractivity (Wildman–Crippen MR) is 286 cm³/mol. The molecule has 73 heavy (non-hydrogen) atoms. The van der Waals surface area contributed by atoms with E-state index >= 15 is 0 Å². The van der Waals surface area contributed by atoms with Gasteiger partial charge in [-0.15, -0.1) is 11.3 Å². The van der Waals surface area contributed by atoms with Gasteiger partial charge in [-0.2, -0.15) is 0 Å². The Morgan fingerprint density at radius 3 is 2.40 bits per heavy atom. The Morgan fingerprint density at radius 1 is 1.00 bits per heavy atom. The minimum atomic E-state index is -1.18. The van der Waals surface area contributed by atoms with Gasteiger partial charge in [-0.05, 0) is 102 Å². The van der Waals surface area contributed by atoms with Gasteiger partial charge in [0, 0.05) is 112 Å². The number of hydrogen-bond acceptors (Lipinski definition) is 13. The SMILES string of the molecule is CCn1c(-c2cc(N3CCN(C)CC3)cnc2[C@H](C)OC)c2c3cc(ccc31)-c1csc(n1)C[C@H](NC(=O)[C@H](C(C)C)N(C)C(=O)N1CCC13CCN(C)CC3)C(=O)N1CCC[C@](C=O)(COCC(C)(C)C2)N1. The van der Waals surface area contributed by atoms with Crippen molar-refractivity contribution in [1.82, 2.24) is 49.9 Å². The van der Waals surface area contributed by atoms with Crippen LogP contribution in [0.4, 0.5) is 10.5 Å². The van der Waals surface area contributed by atoms with E-state index in [0.29, 0.717) is 50.5 Å². The van der Waals surface area contributed by atoms with Gasteiger partial charge >= 0.3 is 6.03 Å². The van der Waals surface area contributed by atoms with E-state index in [2.05, 4.69) is 96.1 Å². The number of nitrogens with one attached hydrogen (secondary N) is 2. The van der Waals surface area contributed by atoms with Crippen molar-refractivity contribution in [3.05, 3.63) is 52.1 Å². The maximum atomic E-state index is 14.9. The number of amides is 4. The third kappa shape index (κ3) is 10.5. The average Bonchev–Trinajstić information content (AvgIpc) is 3.96. The molecule has 0 unspecified atom stereocenters. The van der Waals surface area contributed by atoms with Crippen molar-refractivity contribution in [2.45, 2.75) is 122 Å². The van der Waals surface area contributed by atoms with E-state index < -0.39 is 28.9 Å². The molecule has 4 saturated heterocycles. The fourth-order valence-corrected chi connectivity index (χ4v) is 12.9. The molecule has 8 heterocycles. The number of carbonyl (C=O) groups excluding carboxylic acids is 4. The van der Waals surface area contributed by atoms with Gasteiger partial charge in [-0.3, -0.25) is 19.6 Å². The normalized spacial score (nSPS) is 23.8. The van der Waals surface area contributed by atoms with Crippen LogP contribution in [0.15, 0.2) is 35.8 Å². The van der Waals surface area contributed by atoms with Crippen LogP contribution in [0.5, 0.6) is 0 Å². The minimum Gasteiger partial charge on any atom is -0.378 e. The molecular formula is C55H79N11O6S. The highest BCUT2D eigenvalue weighted by atomic mass is 32.1. The van der Waals surface area contributed by atoms with E-state index in [1.807, 2.05) is 30.3 Å². The second-order valence-electron chi connectivity index (χ2n) is 22.8. The minimum absolute atomic E-state index is 0.0490. The van der Waals surface area contributed by atoms with Crippen molar-refractivity contribution >= 4 is 52.1 Å². The number of hydrazine groups is 1. The van der Waals surface area contributed by atoms with Crippen molar-refractivity contribution in [1.29, 1.82) is 0 Å². The number of likely N-dealkylation sites (N-methyl/N-ethyl adjacent to an activating group) is 2. The number of nitrogens with zero attached hydrogens (tertiary/aromatic N) is 9. The van der Waals surface area contributed by atoms with Crippen LogP contribution < -0.4 is 15.6 Å². The number of aryl methyl sites for hydroxylation is 1. The highest BCUT2D eigenvalue weighted by molar-refractivity contribution is 7.10. The number of aldehydes is 1. The smallest absolute Gasteiger partial charge is 0.320 e. The summed E-state index contributed by atoms with van der Waals surface area (Å²) in [6, 6.07) is 6.82. The second kappa shape index (κ2) is 21.3. The highest BCUT2D eigenvalue weighted by Crippen LogP contribution is 2.44. The maximum Gasteiger partial charge on any atom is 0.320 e. The van der Waals surface area contributed by atoms with Crippen LogP contribution in [0.1, 0.15) is 96.0 Å². The van der Waals surface area contributed by atoms with Crippen LogP contribution in [0, 0.1) is 11.3 Å². The van der Waals surface area contributed by atoms with E-state index in [4.69, 9.17) is 19.4 Å². The lowest BCUT2D eigenvalue weighted by molar-refractivity contribution is -0.147. The molecule has 0 radical (unpaired) electrons. The molecule has 4 fully saturated rings. The Kier molecular flexibility index (Phi) is 15.4. The second-order valence-corrected chi connectivity index (χ2v) is 23.8. The third-order valence-electron chi connectivity index (χ3n) is 16.6. The molecule has 1 aromatic carbocycles. The van der Waals surface area contributed by atoms with Crippen molar-refractivity contribution in [2.75, 3.05) is 98.7 Å². The Hall–Kier alpha value is -4.98. The van der Waals surface area contributed by atoms with E-state index in [0.717, 1.165) is 110 Å². The van der Waals surface area contributed by atoms with E-state index in [-0.39, 0.29) is 42.5 Å². The number of piperazine rings is 1. The lowest BCUT2D eigenvalue weighted by atomic mass is 9.76. The number of aromatic nitrogens is 3. The monoisotopic (exact) mass is 1020 g/mol. The molecule has 4 aromatic rings. The summed E-state index contributed by atoms with van der Waals surface area (Å²) in [4.78, 5) is 78.2. The largest absolute Gasteiger partial charge is 0.378 e. The van der Waals surface area contributed by atoms with Gasteiger partial charge in [0.1, 0.15) is 23.9 Å². The molecular weight excluding hydrogens is 943 g/mol. The number of thiazole rings is 1. The molecule has 396 valence electrons. The molecule has 5 aliphatic rings. The first-order valence-corrected chi connectivity index (χ1v) is 27.5. The number of hydrogen-bond donors (Lipinski definition) is 2. The Labute approximate surface area is 435 Å². The molecule has 17 nitrogen and oxygen atoms in total. The number of benzene rings is 1. The number of piperidine rings is 1. The number of pyridine rings is 1. The zero-order chi connectivity index (χ0) is 52.0. The molecule has 2 N–H and O–H groups in total. The summed E-state index contributed by atoms with van der Waals surface area (Å²) in [6.45, 7) is 20.2. The first kappa shape index (κ1) is 52.9. The Bertz CT molecular complexity index is 2670. The average molecular weight is 1020 g/mol.